The lowest BCUT2D eigenvalue weighted by Crippen LogP contribution is -2.12. The maximum Gasteiger partial charge on any atom is 0.260 e. The van der Waals surface area contributed by atoms with E-state index in [1.54, 1.807) is 35.6 Å². The minimum atomic E-state index is -0.145. The van der Waals surface area contributed by atoms with Crippen LogP contribution in [0.15, 0.2) is 23.0 Å². The number of aryl methyl sites for hydroxylation is 2. The molecule has 1 aliphatic rings. The Labute approximate surface area is 176 Å². The van der Waals surface area contributed by atoms with Crippen LogP contribution in [0.1, 0.15) is 34.7 Å². The largest absolute Gasteiger partial charge is 0.493 e. The van der Waals surface area contributed by atoms with Crippen molar-refractivity contribution in [1.29, 1.82) is 5.26 Å². The van der Waals surface area contributed by atoms with Crippen LogP contribution in [-0.2, 0) is 12.8 Å². The number of benzene rings is 1. The average Bonchev–Trinajstić information content (AvgIpc) is 3.11. The molecule has 1 aliphatic carbocycles. The Hall–Kier alpha value is -2.82. The van der Waals surface area contributed by atoms with Crippen LogP contribution in [0.3, 0.4) is 0 Å². The van der Waals surface area contributed by atoms with Crippen LogP contribution in [0.4, 0.5) is 0 Å². The Balaban J connectivity index is 1.70. The summed E-state index contributed by atoms with van der Waals surface area (Å²) in [4.78, 5) is 22.1. The number of halogens is 1. The van der Waals surface area contributed by atoms with Gasteiger partial charge in [0.25, 0.3) is 5.56 Å². The summed E-state index contributed by atoms with van der Waals surface area (Å²) in [7, 11) is 1.52. The van der Waals surface area contributed by atoms with Crippen molar-refractivity contribution in [3.8, 4) is 17.6 Å². The van der Waals surface area contributed by atoms with Gasteiger partial charge in [-0.15, -0.1) is 11.3 Å². The average molecular weight is 428 g/mol. The third-order valence-corrected chi connectivity index (χ3v) is 6.30. The molecule has 29 heavy (non-hydrogen) atoms. The van der Waals surface area contributed by atoms with Crippen LogP contribution < -0.4 is 15.0 Å². The van der Waals surface area contributed by atoms with Gasteiger partial charge < -0.3 is 14.5 Å². The maximum absolute atomic E-state index is 12.7. The van der Waals surface area contributed by atoms with Gasteiger partial charge in [-0.1, -0.05) is 17.7 Å². The van der Waals surface area contributed by atoms with Crippen LogP contribution in [-0.4, -0.2) is 23.7 Å². The molecule has 6 nitrogen and oxygen atoms in total. The highest BCUT2D eigenvalue weighted by Crippen LogP contribution is 2.34. The van der Waals surface area contributed by atoms with Crippen LogP contribution in [0.25, 0.3) is 21.3 Å². The molecule has 0 radical (unpaired) electrons. The zero-order valence-corrected chi connectivity index (χ0v) is 17.3. The first-order valence-electron chi connectivity index (χ1n) is 9.20. The second-order valence-corrected chi connectivity index (χ2v) is 8.15. The Bertz CT molecular complexity index is 1210. The third kappa shape index (κ3) is 3.86. The minimum Gasteiger partial charge on any atom is -0.493 e. The number of aromatic nitrogens is 2. The molecule has 1 N–H and O–H groups in total. The summed E-state index contributed by atoms with van der Waals surface area (Å²) in [6.07, 6.45) is 5.91. The van der Waals surface area contributed by atoms with Crippen molar-refractivity contribution in [1.82, 2.24) is 9.97 Å². The number of nitrogens with zero attached hydrogens (tertiary/aromatic N) is 2. The highest BCUT2D eigenvalue weighted by atomic mass is 35.5. The lowest BCUT2D eigenvalue weighted by atomic mass is 9.97. The monoisotopic (exact) mass is 427 g/mol. The highest BCUT2D eigenvalue weighted by molar-refractivity contribution is 7.18. The summed E-state index contributed by atoms with van der Waals surface area (Å²) in [6.45, 7) is -0.0672. The minimum absolute atomic E-state index is 0.0672. The lowest BCUT2D eigenvalue weighted by Gasteiger charge is -2.09. The molecule has 2 heterocycles. The van der Waals surface area contributed by atoms with Gasteiger partial charge in [0.05, 0.1) is 17.5 Å². The summed E-state index contributed by atoms with van der Waals surface area (Å²) >= 11 is 8.06. The van der Waals surface area contributed by atoms with E-state index in [0.29, 0.717) is 27.7 Å². The molecule has 0 spiro atoms. The Morgan fingerprint density at radius 2 is 2.21 bits per heavy atom. The number of aromatic amines is 1. The predicted octanol–water partition coefficient (Wildman–Crippen LogP) is 4.51. The van der Waals surface area contributed by atoms with Gasteiger partial charge in [-0.05, 0) is 55.0 Å². The number of ether oxygens (including phenoxy) is 2. The van der Waals surface area contributed by atoms with Gasteiger partial charge in [-0.25, -0.2) is 4.98 Å². The van der Waals surface area contributed by atoms with Crippen molar-refractivity contribution in [3.63, 3.8) is 0 Å². The number of nitrogens with one attached hydrogen (secondary N) is 1. The molecule has 0 fully saturated rings. The second kappa shape index (κ2) is 8.27. The summed E-state index contributed by atoms with van der Waals surface area (Å²) in [5.74, 6) is 1.30. The quantitative estimate of drug-likeness (QED) is 0.647. The molecule has 8 heteroatoms. The number of H-pyrrole nitrogens is 1. The van der Waals surface area contributed by atoms with Crippen molar-refractivity contribution in [2.24, 2.45) is 0 Å². The van der Waals surface area contributed by atoms with Crippen molar-refractivity contribution in [2.45, 2.75) is 25.7 Å². The van der Waals surface area contributed by atoms with E-state index in [-0.39, 0.29) is 12.2 Å². The Morgan fingerprint density at radius 3 is 3.00 bits per heavy atom. The standard InChI is InChI=1S/C21H18ClN3O3S/c1-27-16-11-12(6-7-15(16)28-9-8-23)10-14(22)19-24-20(26)18-13-4-2-3-5-17(13)29-21(18)25-19/h6-7,10-11H,2-5,9H2,1H3,(H,24,25,26)/b14-10-. The van der Waals surface area contributed by atoms with E-state index < -0.39 is 0 Å². The van der Waals surface area contributed by atoms with Crippen molar-refractivity contribution in [3.05, 3.63) is 50.4 Å². The molecular formula is C21H18ClN3O3S. The highest BCUT2D eigenvalue weighted by Gasteiger charge is 2.20. The zero-order valence-electron chi connectivity index (χ0n) is 15.8. The number of methoxy groups -OCH3 is 1. The molecule has 0 aliphatic heterocycles. The molecule has 0 saturated carbocycles. The molecule has 2 aromatic heterocycles. The number of nitriles is 1. The Kier molecular flexibility index (Phi) is 5.56. The fourth-order valence-electron chi connectivity index (χ4n) is 3.49. The van der Waals surface area contributed by atoms with Gasteiger partial charge in [-0.2, -0.15) is 5.26 Å². The normalized spacial score (nSPS) is 13.8. The fraction of sp³-hybridized carbons (Fsp3) is 0.286. The smallest absolute Gasteiger partial charge is 0.260 e. The molecule has 0 unspecified atom stereocenters. The molecule has 4 rings (SSSR count). The molecule has 0 amide bonds. The first-order chi connectivity index (χ1) is 14.1. The molecule has 0 atom stereocenters. The van der Waals surface area contributed by atoms with Crippen LogP contribution >= 0.6 is 22.9 Å². The fourth-order valence-corrected chi connectivity index (χ4v) is 4.97. The number of hydrogen-bond acceptors (Lipinski definition) is 6. The summed E-state index contributed by atoms with van der Waals surface area (Å²) in [5, 5.41) is 9.69. The number of thiophene rings is 1. The van der Waals surface area contributed by atoms with E-state index in [1.165, 1.54) is 12.0 Å². The molecule has 0 saturated heterocycles. The van der Waals surface area contributed by atoms with Gasteiger partial charge in [0.1, 0.15) is 10.9 Å². The topological polar surface area (TPSA) is 88.0 Å². The van der Waals surface area contributed by atoms with E-state index in [2.05, 4.69) is 9.97 Å². The Morgan fingerprint density at radius 1 is 1.38 bits per heavy atom. The summed E-state index contributed by atoms with van der Waals surface area (Å²) < 4.78 is 10.6. The van der Waals surface area contributed by atoms with Crippen molar-refractivity contribution < 1.29 is 9.47 Å². The number of hydrogen-bond donors (Lipinski definition) is 1. The van der Waals surface area contributed by atoms with Crippen LogP contribution in [0, 0.1) is 11.3 Å². The lowest BCUT2D eigenvalue weighted by molar-refractivity contribution is 0.329. The maximum atomic E-state index is 12.7. The first kappa shape index (κ1) is 19.5. The van der Waals surface area contributed by atoms with Gasteiger partial charge >= 0.3 is 0 Å². The van der Waals surface area contributed by atoms with E-state index in [4.69, 9.17) is 26.3 Å². The van der Waals surface area contributed by atoms with Crippen molar-refractivity contribution >= 4 is 44.3 Å². The van der Waals surface area contributed by atoms with Gasteiger partial charge in [-0.3, -0.25) is 4.79 Å². The van der Waals surface area contributed by atoms with Gasteiger partial charge in [0, 0.05) is 4.88 Å². The molecule has 3 aromatic rings. The third-order valence-electron chi connectivity index (χ3n) is 4.82. The van der Waals surface area contributed by atoms with E-state index in [9.17, 15) is 4.79 Å². The SMILES string of the molecule is COc1cc(/C=C(\Cl)c2nc3sc4c(c3c(=O)[nH]2)CCCC4)ccc1OCC#N. The van der Waals surface area contributed by atoms with E-state index in [1.807, 2.05) is 6.07 Å². The summed E-state index contributed by atoms with van der Waals surface area (Å²) in [5.41, 5.74) is 1.76. The van der Waals surface area contributed by atoms with E-state index in [0.717, 1.165) is 41.6 Å². The predicted molar refractivity (Wildman–Crippen MR) is 115 cm³/mol. The van der Waals surface area contributed by atoms with Crippen molar-refractivity contribution in [2.75, 3.05) is 13.7 Å². The van der Waals surface area contributed by atoms with Crippen LogP contribution in [0.2, 0.25) is 0 Å². The first-order valence-corrected chi connectivity index (χ1v) is 10.4. The molecule has 1 aromatic carbocycles. The molecule has 0 bridgehead atoms. The van der Waals surface area contributed by atoms with E-state index >= 15 is 0 Å². The molecular weight excluding hydrogens is 410 g/mol. The van der Waals surface area contributed by atoms with Gasteiger partial charge in [0.2, 0.25) is 0 Å². The van der Waals surface area contributed by atoms with Crippen LogP contribution in [0.5, 0.6) is 11.5 Å². The van der Waals surface area contributed by atoms with Gasteiger partial charge in [0.15, 0.2) is 23.9 Å². The number of rotatable bonds is 5. The summed E-state index contributed by atoms with van der Waals surface area (Å²) in [6, 6.07) is 7.16. The molecule has 148 valence electrons. The second-order valence-electron chi connectivity index (χ2n) is 6.65. The zero-order chi connectivity index (χ0) is 20.4. The number of fused-ring (bicyclic) bond motifs is 3.